The zero-order valence-corrected chi connectivity index (χ0v) is 15.8. The number of halogens is 3. The van der Waals surface area contributed by atoms with Gasteiger partial charge in [0.25, 0.3) is 5.82 Å². The Morgan fingerprint density at radius 1 is 1.19 bits per heavy atom. The number of benzene rings is 1. The maximum atomic E-state index is 12.7. The van der Waals surface area contributed by atoms with Gasteiger partial charge in [-0.1, -0.05) is 11.8 Å². The third-order valence-corrected chi connectivity index (χ3v) is 5.37. The lowest BCUT2D eigenvalue weighted by molar-refractivity contribution is -0.146. The summed E-state index contributed by atoms with van der Waals surface area (Å²) in [4.78, 5) is 4.49. The lowest BCUT2D eigenvalue weighted by Crippen LogP contribution is -2.21. The SMILES string of the molecule is COc1ccc(-c2nc(CSc3nnc(C(F)(F)F)n3N)cs2)cc1OC. The Labute approximate surface area is 160 Å². The standard InChI is InChI=1S/C15H14F3N5O2S2/c1-24-10-4-3-8(5-11(10)25-2)12-20-9(6-26-12)7-27-14-22-21-13(23(14)19)15(16,17)18/h3-6H,7,19H2,1-2H3. The molecule has 0 unspecified atom stereocenters. The van der Waals surface area contributed by atoms with E-state index in [1.54, 1.807) is 26.4 Å². The van der Waals surface area contributed by atoms with E-state index in [1.807, 2.05) is 11.4 Å². The summed E-state index contributed by atoms with van der Waals surface area (Å²) >= 11 is 2.43. The van der Waals surface area contributed by atoms with Gasteiger partial charge in [0, 0.05) is 16.7 Å². The summed E-state index contributed by atoms with van der Waals surface area (Å²) in [7, 11) is 3.10. The predicted octanol–water partition coefficient (Wildman–Crippen LogP) is 3.44. The monoisotopic (exact) mass is 417 g/mol. The molecular weight excluding hydrogens is 403 g/mol. The lowest BCUT2D eigenvalue weighted by Gasteiger charge is -2.08. The number of nitrogens with zero attached hydrogens (tertiary/aromatic N) is 4. The van der Waals surface area contributed by atoms with E-state index in [0.717, 1.165) is 22.3 Å². The molecule has 0 aliphatic rings. The minimum Gasteiger partial charge on any atom is -0.493 e. The van der Waals surface area contributed by atoms with Gasteiger partial charge in [-0.15, -0.1) is 21.5 Å². The summed E-state index contributed by atoms with van der Waals surface area (Å²) < 4.78 is 49.0. The second-order valence-corrected chi connectivity index (χ2v) is 6.98. The van der Waals surface area contributed by atoms with Crippen molar-refractivity contribution >= 4 is 23.1 Å². The zero-order chi connectivity index (χ0) is 19.6. The number of thioether (sulfide) groups is 1. The van der Waals surface area contributed by atoms with E-state index < -0.39 is 12.0 Å². The fraction of sp³-hybridized carbons (Fsp3) is 0.267. The first-order valence-corrected chi connectivity index (χ1v) is 9.27. The van der Waals surface area contributed by atoms with E-state index in [0.29, 0.717) is 27.6 Å². The molecule has 12 heteroatoms. The molecule has 2 N–H and O–H groups in total. The number of aromatic nitrogens is 4. The molecule has 2 aromatic heterocycles. The highest BCUT2D eigenvalue weighted by Crippen LogP contribution is 2.34. The molecule has 0 aliphatic heterocycles. The van der Waals surface area contributed by atoms with Crippen LogP contribution in [0.15, 0.2) is 28.7 Å². The average Bonchev–Trinajstić information content (AvgIpc) is 3.25. The Kier molecular flexibility index (Phi) is 5.46. The van der Waals surface area contributed by atoms with Crippen molar-refractivity contribution in [1.29, 1.82) is 0 Å². The minimum absolute atomic E-state index is 0.0389. The molecular formula is C15H14F3N5O2S2. The van der Waals surface area contributed by atoms with Crippen molar-refractivity contribution in [1.82, 2.24) is 19.9 Å². The predicted molar refractivity (Wildman–Crippen MR) is 95.4 cm³/mol. The molecule has 27 heavy (non-hydrogen) atoms. The summed E-state index contributed by atoms with van der Waals surface area (Å²) in [5.41, 5.74) is 1.53. The summed E-state index contributed by atoms with van der Waals surface area (Å²) in [6.07, 6.45) is -4.65. The largest absolute Gasteiger partial charge is 0.493 e. The summed E-state index contributed by atoms with van der Waals surface area (Å²) in [5, 5.41) is 9.09. The summed E-state index contributed by atoms with van der Waals surface area (Å²) in [6, 6.07) is 5.43. The van der Waals surface area contributed by atoms with Crippen LogP contribution in [0.25, 0.3) is 10.6 Å². The van der Waals surface area contributed by atoms with Gasteiger partial charge < -0.3 is 15.3 Å². The minimum atomic E-state index is -4.65. The first kappa shape index (κ1) is 19.3. The van der Waals surface area contributed by atoms with Crippen molar-refractivity contribution in [2.75, 3.05) is 20.1 Å². The molecule has 2 heterocycles. The van der Waals surface area contributed by atoms with Crippen LogP contribution >= 0.6 is 23.1 Å². The van der Waals surface area contributed by atoms with Crippen molar-refractivity contribution in [2.45, 2.75) is 17.1 Å². The highest BCUT2D eigenvalue weighted by molar-refractivity contribution is 7.98. The molecule has 3 rings (SSSR count). The Balaban J connectivity index is 1.73. The van der Waals surface area contributed by atoms with Crippen LogP contribution in [0.3, 0.4) is 0 Å². The number of ether oxygens (including phenoxy) is 2. The van der Waals surface area contributed by atoms with Crippen molar-refractivity contribution in [3.8, 4) is 22.1 Å². The second kappa shape index (κ2) is 7.64. The van der Waals surface area contributed by atoms with Crippen LogP contribution in [0, 0.1) is 0 Å². The molecule has 0 spiro atoms. The fourth-order valence-electron chi connectivity index (χ4n) is 2.18. The molecule has 0 saturated carbocycles. The maximum absolute atomic E-state index is 12.7. The number of hydrogen-bond donors (Lipinski definition) is 1. The molecule has 0 aliphatic carbocycles. The molecule has 0 radical (unpaired) electrons. The Morgan fingerprint density at radius 3 is 2.56 bits per heavy atom. The van der Waals surface area contributed by atoms with Crippen LogP contribution in [0.5, 0.6) is 11.5 Å². The third-order valence-electron chi connectivity index (χ3n) is 3.45. The van der Waals surface area contributed by atoms with E-state index in [4.69, 9.17) is 15.3 Å². The third kappa shape index (κ3) is 4.11. The van der Waals surface area contributed by atoms with Crippen molar-refractivity contribution in [3.05, 3.63) is 35.1 Å². The Hall–Kier alpha value is -2.47. The van der Waals surface area contributed by atoms with Gasteiger partial charge in [-0.2, -0.15) is 13.2 Å². The fourth-order valence-corrected chi connectivity index (χ4v) is 3.85. The van der Waals surface area contributed by atoms with E-state index in [-0.39, 0.29) is 5.16 Å². The first-order chi connectivity index (χ1) is 12.8. The Bertz CT molecular complexity index is 942. The molecule has 3 aromatic rings. The van der Waals surface area contributed by atoms with E-state index >= 15 is 0 Å². The van der Waals surface area contributed by atoms with Gasteiger partial charge in [-0.3, -0.25) is 0 Å². The zero-order valence-electron chi connectivity index (χ0n) is 14.1. The molecule has 0 saturated heterocycles. The number of alkyl halides is 3. The molecule has 7 nitrogen and oxygen atoms in total. The number of methoxy groups -OCH3 is 2. The second-order valence-electron chi connectivity index (χ2n) is 5.18. The summed E-state index contributed by atoms with van der Waals surface area (Å²) in [5.74, 6) is 5.67. The quantitative estimate of drug-likeness (QED) is 0.485. The maximum Gasteiger partial charge on any atom is 0.453 e. The smallest absolute Gasteiger partial charge is 0.453 e. The first-order valence-electron chi connectivity index (χ1n) is 7.40. The molecule has 0 fully saturated rings. The molecule has 1 aromatic carbocycles. The van der Waals surface area contributed by atoms with Crippen LogP contribution in [0.2, 0.25) is 0 Å². The van der Waals surface area contributed by atoms with Crippen LogP contribution < -0.4 is 15.3 Å². The van der Waals surface area contributed by atoms with Crippen molar-refractivity contribution < 1.29 is 22.6 Å². The van der Waals surface area contributed by atoms with E-state index in [2.05, 4.69) is 15.2 Å². The van der Waals surface area contributed by atoms with Gasteiger partial charge in [-0.05, 0) is 18.2 Å². The average molecular weight is 417 g/mol. The number of thiazole rings is 1. The summed E-state index contributed by atoms with van der Waals surface area (Å²) in [6.45, 7) is 0. The van der Waals surface area contributed by atoms with Gasteiger partial charge in [-0.25, -0.2) is 9.66 Å². The van der Waals surface area contributed by atoms with Gasteiger partial charge in [0.1, 0.15) is 5.01 Å². The normalized spacial score (nSPS) is 11.6. The number of nitrogens with two attached hydrogens (primary N) is 1. The molecule has 144 valence electrons. The van der Waals surface area contributed by atoms with Gasteiger partial charge in [0.15, 0.2) is 11.5 Å². The van der Waals surface area contributed by atoms with Crippen LogP contribution in [-0.2, 0) is 11.9 Å². The van der Waals surface area contributed by atoms with E-state index in [1.165, 1.54) is 11.3 Å². The van der Waals surface area contributed by atoms with Crippen LogP contribution in [-0.4, -0.2) is 34.1 Å². The molecule has 0 amide bonds. The van der Waals surface area contributed by atoms with Crippen molar-refractivity contribution in [2.24, 2.45) is 0 Å². The number of nitrogen functional groups attached to an aromatic ring is 1. The van der Waals surface area contributed by atoms with Gasteiger partial charge >= 0.3 is 6.18 Å². The van der Waals surface area contributed by atoms with Gasteiger partial charge in [0.2, 0.25) is 5.16 Å². The van der Waals surface area contributed by atoms with E-state index in [9.17, 15) is 13.2 Å². The molecule has 0 atom stereocenters. The van der Waals surface area contributed by atoms with Gasteiger partial charge in [0.05, 0.1) is 19.9 Å². The Morgan fingerprint density at radius 2 is 1.93 bits per heavy atom. The highest BCUT2D eigenvalue weighted by atomic mass is 32.2. The van der Waals surface area contributed by atoms with Crippen molar-refractivity contribution in [3.63, 3.8) is 0 Å². The highest BCUT2D eigenvalue weighted by Gasteiger charge is 2.38. The van der Waals surface area contributed by atoms with Crippen LogP contribution in [0.4, 0.5) is 13.2 Å². The number of hydrogen-bond acceptors (Lipinski definition) is 8. The van der Waals surface area contributed by atoms with Crippen LogP contribution in [0.1, 0.15) is 11.5 Å². The molecule has 0 bridgehead atoms. The topological polar surface area (TPSA) is 88.1 Å². The lowest BCUT2D eigenvalue weighted by atomic mass is 10.2. The number of rotatable bonds is 6.